The van der Waals surface area contributed by atoms with Crippen LogP contribution in [0.25, 0.3) is 0 Å². The van der Waals surface area contributed by atoms with Crippen molar-refractivity contribution in [1.82, 2.24) is 0 Å². The number of aryl methyl sites for hydroxylation is 1. The molecule has 0 amide bonds. The number of hydrogen-bond acceptors (Lipinski definition) is 2. The van der Waals surface area contributed by atoms with Crippen molar-refractivity contribution in [3.63, 3.8) is 0 Å². The molecule has 1 unspecified atom stereocenters. The van der Waals surface area contributed by atoms with Gasteiger partial charge in [0.2, 0.25) is 0 Å². The summed E-state index contributed by atoms with van der Waals surface area (Å²) in [5, 5.41) is 9.67. The number of halogens is 1. The molecule has 3 heteroatoms. The number of para-hydroxylation sites is 1. The number of benzene rings is 2. The van der Waals surface area contributed by atoms with Crippen LogP contribution in [0.15, 0.2) is 42.5 Å². The largest absolute Gasteiger partial charge is 0.492 e. The van der Waals surface area contributed by atoms with E-state index in [1.54, 1.807) is 6.07 Å². The second-order valence-electron chi connectivity index (χ2n) is 5.71. The van der Waals surface area contributed by atoms with E-state index in [4.69, 9.17) is 4.74 Å². The third-order valence-electron chi connectivity index (χ3n) is 4.08. The number of fused-ring (bicyclic) bond motifs is 1. The lowest BCUT2D eigenvalue weighted by Crippen LogP contribution is -2.35. The molecule has 0 aromatic heterocycles. The van der Waals surface area contributed by atoms with Gasteiger partial charge in [0, 0.05) is 0 Å². The minimum atomic E-state index is -0.586. The van der Waals surface area contributed by atoms with E-state index >= 15 is 0 Å². The normalized spacial score (nSPS) is 20.2. The fourth-order valence-corrected chi connectivity index (χ4v) is 2.87. The summed E-state index contributed by atoms with van der Waals surface area (Å²) in [7, 11) is 0. The van der Waals surface area contributed by atoms with Crippen LogP contribution in [0.2, 0.25) is 0 Å². The highest BCUT2D eigenvalue weighted by atomic mass is 19.1. The molecule has 0 N–H and O–H groups in total. The van der Waals surface area contributed by atoms with Crippen molar-refractivity contribution in [3.05, 3.63) is 65.0 Å². The van der Waals surface area contributed by atoms with Crippen molar-refractivity contribution in [2.24, 2.45) is 5.41 Å². The quantitative estimate of drug-likeness (QED) is 0.838. The lowest BCUT2D eigenvalue weighted by molar-refractivity contribution is 0.169. The smallest absolute Gasteiger partial charge is 0.123 e. The van der Waals surface area contributed by atoms with E-state index in [9.17, 15) is 9.65 Å². The van der Waals surface area contributed by atoms with Crippen molar-refractivity contribution < 1.29 is 9.13 Å². The summed E-state index contributed by atoms with van der Waals surface area (Å²) < 4.78 is 19.0. The molecule has 3 rings (SSSR count). The lowest BCUT2D eigenvalue weighted by Gasteiger charge is -2.32. The molecule has 1 aliphatic rings. The van der Waals surface area contributed by atoms with Gasteiger partial charge in [0.15, 0.2) is 0 Å². The molecule has 2 nitrogen and oxygen atoms in total. The summed E-state index contributed by atoms with van der Waals surface area (Å²) >= 11 is 0. The standard InChI is InChI=1S/C18H16FNO/c1-13-8-16(19)7-6-14(13)9-18(11-20)10-15-4-2-3-5-17(15)21-12-18/h2-8H,9-10,12H2,1H3. The van der Waals surface area contributed by atoms with Gasteiger partial charge in [0.1, 0.15) is 18.2 Å². The van der Waals surface area contributed by atoms with Gasteiger partial charge in [-0.2, -0.15) is 5.26 Å². The van der Waals surface area contributed by atoms with Gasteiger partial charge in [-0.05, 0) is 54.7 Å². The maximum absolute atomic E-state index is 13.2. The van der Waals surface area contributed by atoms with Gasteiger partial charge in [-0.1, -0.05) is 24.3 Å². The Kier molecular flexibility index (Phi) is 3.39. The van der Waals surface area contributed by atoms with Crippen LogP contribution in [-0.4, -0.2) is 6.61 Å². The Morgan fingerprint density at radius 3 is 2.86 bits per heavy atom. The second-order valence-corrected chi connectivity index (χ2v) is 5.71. The van der Waals surface area contributed by atoms with Crippen LogP contribution in [0.3, 0.4) is 0 Å². The van der Waals surface area contributed by atoms with Crippen LogP contribution >= 0.6 is 0 Å². The molecule has 1 heterocycles. The Balaban J connectivity index is 1.91. The number of nitriles is 1. The Labute approximate surface area is 123 Å². The predicted molar refractivity (Wildman–Crippen MR) is 78.5 cm³/mol. The van der Waals surface area contributed by atoms with Crippen LogP contribution < -0.4 is 4.74 Å². The number of nitrogens with zero attached hydrogens (tertiary/aromatic N) is 1. The first-order valence-corrected chi connectivity index (χ1v) is 6.99. The average molecular weight is 281 g/mol. The second kappa shape index (κ2) is 5.21. The van der Waals surface area contributed by atoms with E-state index in [-0.39, 0.29) is 5.82 Å². The Bertz CT molecular complexity index is 719. The highest BCUT2D eigenvalue weighted by Gasteiger charge is 2.36. The Morgan fingerprint density at radius 1 is 1.29 bits per heavy atom. The molecular formula is C18H16FNO. The summed E-state index contributed by atoms with van der Waals surface area (Å²) in [6, 6.07) is 15.0. The molecule has 0 aliphatic carbocycles. The maximum Gasteiger partial charge on any atom is 0.123 e. The Morgan fingerprint density at radius 2 is 2.10 bits per heavy atom. The van der Waals surface area contributed by atoms with Crippen molar-refractivity contribution in [1.29, 1.82) is 5.26 Å². The van der Waals surface area contributed by atoms with Crippen LogP contribution in [-0.2, 0) is 12.8 Å². The summed E-state index contributed by atoms with van der Waals surface area (Å²) in [6.07, 6.45) is 1.24. The van der Waals surface area contributed by atoms with Crippen LogP contribution in [0, 0.1) is 29.5 Å². The van der Waals surface area contributed by atoms with Gasteiger partial charge < -0.3 is 4.74 Å². The predicted octanol–water partition coefficient (Wildman–Crippen LogP) is 3.82. The van der Waals surface area contributed by atoms with Crippen molar-refractivity contribution in [2.45, 2.75) is 19.8 Å². The molecule has 0 saturated heterocycles. The van der Waals surface area contributed by atoms with Gasteiger partial charge in [-0.25, -0.2) is 4.39 Å². The molecule has 0 bridgehead atoms. The van der Waals surface area contributed by atoms with Crippen LogP contribution in [0.5, 0.6) is 5.75 Å². The van der Waals surface area contributed by atoms with Gasteiger partial charge in [0.05, 0.1) is 11.5 Å². The highest BCUT2D eigenvalue weighted by Crippen LogP contribution is 2.37. The third kappa shape index (κ3) is 2.62. The number of ether oxygens (including phenoxy) is 1. The first-order chi connectivity index (χ1) is 10.1. The summed E-state index contributed by atoms with van der Waals surface area (Å²) in [6.45, 7) is 2.25. The van der Waals surface area contributed by atoms with E-state index < -0.39 is 5.41 Å². The van der Waals surface area contributed by atoms with Gasteiger partial charge in [-0.3, -0.25) is 0 Å². The van der Waals surface area contributed by atoms with E-state index in [2.05, 4.69) is 6.07 Å². The third-order valence-corrected chi connectivity index (χ3v) is 4.08. The fraction of sp³-hybridized carbons (Fsp3) is 0.278. The van der Waals surface area contributed by atoms with E-state index in [0.29, 0.717) is 19.4 Å². The van der Waals surface area contributed by atoms with E-state index in [1.807, 2.05) is 31.2 Å². The molecule has 1 aliphatic heterocycles. The summed E-state index contributed by atoms with van der Waals surface area (Å²) in [5.41, 5.74) is 2.35. The molecule has 0 saturated carbocycles. The molecular weight excluding hydrogens is 265 g/mol. The zero-order valence-electron chi connectivity index (χ0n) is 11.9. The van der Waals surface area contributed by atoms with Crippen LogP contribution in [0.4, 0.5) is 4.39 Å². The summed E-state index contributed by atoms with van der Waals surface area (Å²) in [5.74, 6) is 0.617. The monoisotopic (exact) mass is 281 g/mol. The SMILES string of the molecule is Cc1cc(F)ccc1CC1(C#N)COc2ccccc2C1. The van der Waals surface area contributed by atoms with E-state index in [1.165, 1.54) is 12.1 Å². The highest BCUT2D eigenvalue weighted by molar-refractivity contribution is 5.39. The molecule has 0 fully saturated rings. The minimum Gasteiger partial charge on any atom is -0.492 e. The average Bonchev–Trinajstić information content (AvgIpc) is 2.50. The van der Waals surface area contributed by atoms with E-state index in [0.717, 1.165) is 22.4 Å². The fourth-order valence-electron chi connectivity index (χ4n) is 2.87. The molecule has 106 valence electrons. The first kappa shape index (κ1) is 13.6. The zero-order chi connectivity index (χ0) is 14.9. The Hall–Kier alpha value is -2.34. The van der Waals surface area contributed by atoms with Crippen molar-refractivity contribution >= 4 is 0 Å². The number of hydrogen-bond donors (Lipinski definition) is 0. The topological polar surface area (TPSA) is 33.0 Å². The summed E-state index contributed by atoms with van der Waals surface area (Å²) in [4.78, 5) is 0. The van der Waals surface area contributed by atoms with Crippen molar-refractivity contribution in [2.75, 3.05) is 6.61 Å². The zero-order valence-corrected chi connectivity index (χ0v) is 11.9. The molecule has 2 aromatic rings. The maximum atomic E-state index is 13.2. The van der Waals surface area contributed by atoms with Gasteiger partial charge >= 0.3 is 0 Å². The molecule has 1 atom stereocenters. The number of rotatable bonds is 2. The van der Waals surface area contributed by atoms with Gasteiger partial charge in [-0.15, -0.1) is 0 Å². The molecule has 0 radical (unpaired) electrons. The molecule has 0 spiro atoms. The molecule has 2 aromatic carbocycles. The van der Waals surface area contributed by atoms with Gasteiger partial charge in [0.25, 0.3) is 0 Å². The molecule has 21 heavy (non-hydrogen) atoms. The minimum absolute atomic E-state index is 0.243. The lowest BCUT2D eigenvalue weighted by atomic mass is 9.76. The first-order valence-electron chi connectivity index (χ1n) is 6.99. The van der Waals surface area contributed by atoms with Crippen LogP contribution in [0.1, 0.15) is 16.7 Å². The van der Waals surface area contributed by atoms with Crippen molar-refractivity contribution in [3.8, 4) is 11.8 Å².